The Morgan fingerprint density at radius 2 is 1.76 bits per heavy atom. The number of rotatable bonds is 1. The molecule has 0 saturated carbocycles. The Kier molecular flexibility index (Phi) is 2.71. The molecule has 2 rings (SSSR count). The van der Waals surface area contributed by atoms with E-state index in [0.717, 1.165) is 0 Å². The van der Waals surface area contributed by atoms with Gasteiger partial charge >= 0.3 is 11.7 Å². The van der Waals surface area contributed by atoms with E-state index in [1.54, 1.807) is 26.2 Å². The van der Waals surface area contributed by atoms with E-state index in [4.69, 9.17) is 11.6 Å². The Morgan fingerprint density at radius 1 is 1.24 bits per heavy atom. The van der Waals surface area contributed by atoms with Gasteiger partial charge in [0.05, 0.1) is 28.7 Å². The number of benzene rings is 1. The van der Waals surface area contributed by atoms with Gasteiger partial charge in [-0.15, -0.1) is 0 Å². The van der Waals surface area contributed by atoms with Crippen molar-refractivity contribution < 1.29 is 9.53 Å². The summed E-state index contributed by atoms with van der Waals surface area (Å²) in [7, 11) is 4.57. The Balaban J connectivity index is 2.86. The van der Waals surface area contributed by atoms with Crippen LogP contribution in [0.5, 0.6) is 0 Å². The number of nitrogens with zero attached hydrogens (tertiary/aromatic N) is 2. The van der Waals surface area contributed by atoms with Crippen molar-refractivity contribution in [2.24, 2.45) is 14.1 Å². The molecule has 0 unspecified atom stereocenters. The Bertz CT molecular complexity index is 669. The van der Waals surface area contributed by atoms with Crippen LogP contribution in [-0.2, 0) is 18.8 Å². The summed E-state index contributed by atoms with van der Waals surface area (Å²) < 4.78 is 7.56. The molecular weight excluding hydrogens is 244 g/mol. The monoisotopic (exact) mass is 254 g/mol. The molecule has 0 radical (unpaired) electrons. The van der Waals surface area contributed by atoms with Crippen molar-refractivity contribution in [2.75, 3.05) is 7.11 Å². The van der Waals surface area contributed by atoms with E-state index in [1.807, 2.05) is 0 Å². The zero-order chi connectivity index (χ0) is 12.7. The second kappa shape index (κ2) is 3.92. The lowest BCUT2D eigenvalue weighted by molar-refractivity contribution is 0.0601. The summed E-state index contributed by atoms with van der Waals surface area (Å²) in [4.78, 5) is 23.2. The molecule has 0 aliphatic carbocycles. The van der Waals surface area contributed by atoms with Crippen LogP contribution in [0.2, 0.25) is 5.02 Å². The molecule has 5 nitrogen and oxygen atoms in total. The van der Waals surface area contributed by atoms with E-state index in [-0.39, 0.29) is 16.3 Å². The van der Waals surface area contributed by atoms with E-state index in [2.05, 4.69) is 4.74 Å². The lowest BCUT2D eigenvalue weighted by Gasteiger charge is -2.03. The zero-order valence-corrected chi connectivity index (χ0v) is 10.4. The fraction of sp³-hybridized carbons (Fsp3) is 0.273. The number of halogens is 1. The maximum Gasteiger partial charge on any atom is 0.339 e. The Morgan fingerprint density at radius 3 is 2.29 bits per heavy atom. The minimum atomic E-state index is -0.520. The summed E-state index contributed by atoms with van der Waals surface area (Å²) in [6.07, 6.45) is 0. The second-order valence-corrected chi connectivity index (χ2v) is 4.12. The fourth-order valence-corrected chi connectivity index (χ4v) is 2.02. The molecule has 2 aromatic rings. The molecule has 90 valence electrons. The molecule has 6 heteroatoms. The summed E-state index contributed by atoms with van der Waals surface area (Å²) in [5.41, 5.74) is 1.40. The first-order valence-corrected chi connectivity index (χ1v) is 5.28. The molecule has 1 heterocycles. The molecule has 0 atom stereocenters. The first-order chi connectivity index (χ1) is 7.97. The number of aromatic nitrogens is 2. The first-order valence-electron chi connectivity index (χ1n) is 4.90. The quantitative estimate of drug-likeness (QED) is 0.721. The summed E-state index contributed by atoms with van der Waals surface area (Å²) in [5, 5.41) is 0.269. The Hall–Kier alpha value is -1.75. The fourth-order valence-electron chi connectivity index (χ4n) is 1.79. The number of carbonyl (C=O) groups excluding carboxylic acids is 1. The lowest BCUT2D eigenvalue weighted by atomic mass is 10.2. The van der Waals surface area contributed by atoms with Gasteiger partial charge in [0.15, 0.2) is 0 Å². The molecule has 0 spiro atoms. The SMILES string of the molecule is COC(=O)c1cc2c(cc1Cl)n(C)c(=O)n2C. The van der Waals surface area contributed by atoms with Gasteiger partial charge in [0.1, 0.15) is 0 Å². The maximum absolute atomic E-state index is 11.7. The highest BCUT2D eigenvalue weighted by atomic mass is 35.5. The third kappa shape index (κ3) is 1.63. The molecule has 0 aliphatic rings. The van der Waals surface area contributed by atoms with Crippen LogP contribution < -0.4 is 5.69 Å². The molecule has 0 amide bonds. The molecule has 17 heavy (non-hydrogen) atoms. The van der Waals surface area contributed by atoms with Gasteiger partial charge in [0, 0.05) is 14.1 Å². The highest BCUT2D eigenvalue weighted by Gasteiger charge is 2.16. The second-order valence-electron chi connectivity index (χ2n) is 3.71. The van der Waals surface area contributed by atoms with Crippen molar-refractivity contribution in [3.63, 3.8) is 0 Å². The number of ether oxygens (including phenoxy) is 1. The van der Waals surface area contributed by atoms with Crippen LogP contribution in [0.1, 0.15) is 10.4 Å². The smallest absolute Gasteiger partial charge is 0.339 e. The number of hydrogen-bond acceptors (Lipinski definition) is 3. The van der Waals surface area contributed by atoms with E-state index in [9.17, 15) is 9.59 Å². The van der Waals surface area contributed by atoms with Crippen LogP contribution in [0.4, 0.5) is 0 Å². The van der Waals surface area contributed by atoms with E-state index >= 15 is 0 Å². The van der Waals surface area contributed by atoms with Crippen molar-refractivity contribution in [3.8, 4) is 0 Å². The van der Waals surface area contributed by atoms with Gasteiger partial charge in [0.2, 0.25) is 0 Å². The van der Waals surface area contributed by atoms with E-state index in [1.165, 1.54) is 16.2 Å². The van der Waals surface area contributed by atoms with Crippen LogP contribution >= 0.6 is 11.6 Å². The van der Waals surface area contributed by atoms with Crippen molar-refractivity contribution in [3.05, 3.63) is 33.2 Å². The van der Waals surface area contributed by atoms with Crippen LogP contribution in [-0.4, -0.2) is 22.2 Å². The van der Waals surface area contributed by atoms with Gasteiger partial charge in [0.25, 0.3) is 0 Å². The van der Waals surface area contributed by atoms with Crippen molar-refractivity contribution >= 4 is 28.6 Å². The maximum atomic E-state index is 11.7. The van der Waals surface area contributed by atoms with Gasteiger partial charge in [-0.3, -0.25) is 9.13 Å². The van der Waals surface area contributed by atoms with Crippen LogP contribution in [0, 0.1) is 0 Å². The number of esters is 1. The summed E-state index contributed by atoms with van der Waals surface area (Å²) in [6.45, 7) is 0. The zero-order valence-electron chi connectivity index (χ0n) is 9.65. The van der Waals surface area contributed by atoms with E-state index < -0.39 is 5.97 Å². The number of imidazole rings is 1. The molecule has 1 aromatic heterocycles. The summed E-state index contributed by atoms with van der Waals surface area (Å²) in [5.74, 6) is -0.520. The van der Waals surface area contributed by atoms with Crippen molar-refractivity contribution in [2.45, 2.75) is 0 Å². The third-order valence-corrected chi connectivity index (χ3v) is 3.08. The first kappa shape index (κ1) is 11.7. The Labute approximate surface area is 102 Å². The summed E-state index contributed by atoms with van der Waals surface area (Å²) in [6, 6.07) is 3.15. The minimum absolute atomic E-state index is 0.168. The van der Waals surface area contributed by atoms with Crippen LogP contribution in [0.15, 0.2) is 16.9 Å². The lowest BCUT2D eigenvalue weighted by Crippen LogP contribution is -2.19. The number of hydrogen-bond donors (Lipinski definition) is 0. The molecule has 0 fully saturated rings. The molecule has 0 bridgehead atoms. The van der Waals surface area contributed by atoms with Gasteiger partial charge in [-0.05, 0) is 12.1 Å². The van der Waals surface area contributed by atoms with Crippen LogP contribution in [0.3, 0.4) is 0 Å². The van der Waals surface area contributed by atoms with E-state index in [0.29, 0.717) is 11.0 Å². The van der Waals surface area contributed by atoms with Gasteiger partial charge in [-0.25, -0.2) is 9.59 Å². The minimum Gasteiger partial charge on any atom is -0.465 e. The standard InChI is InChI=1S/C11H11ClN2O3/c1-13-8-4-6(10(15)17-3)7(12)5-9(8)14(2)11(13)16/h4-5H,1-3H3. The largest absolute Gasteiger partial charge is 0.465 e. The highest BCUT2D eigenvalue weighted by Crippen LogP contribution is 2.23. The normalized spacial score (nSPS) is 10.8. The highest BCUT2D eigenvalue weighted by molar-refractivity contribution is 6.34. The average Bonchev–Trinajstić information content (AvgIpc) is 2.53. The van der Waals surface area contributed by atoms with Gasteiger partial charge in [-0.2, -0.15) is 0 Å². The number of methoxy groups -OCH3 is 1. The number of carbonyl (C=O) groups is 1. The molecular formula is C11H11ClN2O3. The van der Waals surface area contributed by atoms with Crippen molar-refractivity contribution in [1.82, 2.24) is 9.13 Å². The predicted octanol–water partition coefficient (Wildman–Crippen LogP) is 1.32. The number of aryl methyl sites for hydroxylation is 2. The van der Waals surface area contributed by atoms with Crippen LogP contribution in [0.25, 0.3) is 11.0 Å². The van der Waals surface area contributed by atoms with Crippen molar-refractivity contribution in [1.29, 1.82) is 0 Å². The topological polar surface area (TPSA) is 53.2 Å². The molecule has 0 saturated heterocycles. The predicted molar refractivity (Wildman–Crippen MR) is 64.5 cm³/mol. The number of fused-ring (bicyclic) bond motifs is 1. The third-order valence-electron chi connectivity index (χ3n) is 2.77. The molecule has 0 aliphatic heterocycles. The van der Waals surface area contributed by atoms with Gasteiger partial charge in [-0.1, -0.05) is 11.6 Å². The average molecular weight is 255 g/mol. The summed E-state index contributed by atoms with van der Waals surface area (Å²) >= 11 is 5.98. The molecule has 1 aromatic carbocycles. The molecule has 0 N–H and O–H groups in total. The van der Waals surface area contributed by atoms with Gasteiger partial charge < -0.3 is 4.74 Å².